The fourth-order valence-electron chi connectivity index (χ4n) is 3.39. The number of ketones is 1. The molecule has 10 heteroatoms. The van der Waals surface area contributed by atoms with Gasteiger partial charge < -0.3 is 18.5 Å². The minimum Gasteiger partial charge on any atom is -0.451 e. The molecule has 1 saturated carbocycles. The molecular formula is C20H26N2O7S. The van der Waals surface area contributed by atoms with Gasteiger partial charge in [0.15, 0.2) is 6.61 Å². The molecule has 9 nitrogen and oxygen atoms in total. The zero-order chi connectivity index (χ0) is 22.1. The zero-order valence-electron chi connectivity index (χ0n) is 17.4. The van der Waals surface area contributed by atoms with Crippen molar-refractivity contribution in [3.8, 4) is 0 Å². The molecule has 2 aromatic rings. The summed E-state index contributed by atoms with van der Waals surface area (Å²) in [6.45, 7) is 5.72. The SMILES string of the molecule is COCC(C)n1c(C)cc(C(=O)COC(=O)c2ccc(S(=O)(=O)NC3CC3)o2)c1C. The van der Waals surface area contributed by atoms with Crippen LogP contribution < -0.4 is 4.72 Å². The van der Waals surface area contributed by atoms with Crippen LogP contribution in [0.1, 0.15) is 58.1 Å². The van der Waals surface area contributed by atoms with Gasteiger partial charge in [-0.05, 0) is 51.8 Å². The largest absolute Gasteiger partial charge is 0.451 e. The number of nitrogens with zero attached hydrogens (tertiary/aromatic N) is 1. The maximum absolute atomic E-state index is 12.6. The first-order valence-corrected chi connectivity index (χ1v) is 11.1. The molecule has 0 spiro atoms. The van der Waals surface area contributed by atoms with Gasteiger partial charge in [-0.25, -0.2) is 17.9 Å². The quantitative estimate of drug-likeness (QED) is 0.447. The van der Waals surface area contributed by atoms with Gasteiger partial charge in [0.05, 0.1) is 12.6 Å². The molecule has 1 unspecified atom stereocenters. The van der Waals surface area contributed by atoms with Crippen LogP contribution >= 0.6 is 0 Å². The van der Waals surface area contributed by atoms with Crippen LogP contribution in [-0.4, -0.2) is 51.1 Å². The van der Waals surface area contributed by atoms with Crippen molar-refractivity contribution < 1.29 is 31.9 Å². The topological polar surface area (TPSA) is 117 Å². The van der Waals surface area contributed by atoms with Gasteiger partial charge >= 0.3 is 5.97 Å². The second-order valence-electron chi connectivity index (χ2n) is 7.47. The number of hydrogen-bond acceptors (Lipinski definition) is 7. The third-order valence-corrected chi connectivity index (χ3v) is 6.31. The summed E-state index contributed by atoms with van der Waals surface area (Å²) < 4.78 is 44.1. The van der Waals surface area contributed by atoms with Crippen LogP contribution in [0.25, 0.3) is 0 Å². The summed E-state index contributed by atoms with van der Waals surface area (Å²) in [5.74, 6) is -1.54. The molecule has 0 saturated heterocycles. The van der Waals surface area contributed by atoms with E-state index in [0.29, 0.717) is 12.2 Å². The maximum atomic E-state index is 12.6. The minimum absolute atomic E-state index is 0.0480. The predicted molar refractivity (Wildman–Crippen MR) is 107 cm³/mol. The molecule has 0 amide bonds. The number of sulfonamides is 1. The van der Waals surface area contributed by atoms with Gasteiger partial charge in [-0.1, -0.05) is 0 Å². The highest BCUT2D eigenvalue weighted by Crippen LogP contribution is 2.24. The molecular weight excluding hydrogens is 412 g/mol. The number of ether oxygens (including phenoxy) is 2. The molecule has 2 heterocycles. The van der Waals surface area contributed by atoms with Gasteiger partial charge in [0.25, 0.3) is 10.0 Å². The molecule has 1 fully saturated rings. The smallest absolute Gasteiger partial charge is 0.374 e. The van der Waals surface area contributed by atoms with Crippen molar-refractivity contribution in [3.05, 3.63) is 40.9 Å². The Hall–Kier alpha value is -2.43. The van der Waals surface area contributed by atoms with E-state index in [4.69, 9.17) is 13.9 Å². The minimum atomic E-state index is -3.81. The lowest BCUT2D eigenvalue weighted by Gasteiger charge is -2.17. The van der Waals surface area contributed by atoms with Crippen LogP contribution in [0.15, 0.2) is 27.7 Å². The van der Waals surface area contributed by atoms with E-state index in [9.17, 15) is 18.0 Å². The van der Waals surface area contributed by atoms with Crippen LogP contribution in [0.5, 0.6) is 0 Å². The number of esters is 1. The second kappa shape index (κ2) is 8.75. The standard InChI is InChI=1S/C20H26N2O7S/c1-12-9-16(14(3)22(12)13(2)10-27-4)17(23)11-28-20(24)18-7-8-19(29-18)30(25,26)21-15-5-6-15/h7-9,13,15,21H,5-6,10-11H2,1-4H3. The third-order valence-electron chi connectivity index (χ3n) is 4.91. The number of methoxy groups -OCH3 is 1. The number of aryl methyl sites for hydroxylation is 1. The van der Waals surface area contributed by atoms with Crippen molar-refractivity contribution in [2.45, 2.75) is 50.8 Å². The van der Waals surface area contributed by atoms with Crippen LogP contribution in [0, 0.1) is 13.8 Å². The molecule has 3 rings (SSSR count). The second-order valence-corrected chi connectivity index (χ2v) is 9.12. The van der Waals surface area contributed by atoms with Crippen LogP contribution in [0.3, 0.4) is 0 Å². The van der Waals surface area contributed by atoms with E-state index < -0.39 is 22.6 Å². The average Bonchev–Trinajstić information content (AvgIpc) is 3.22. The number of rotatable bonds is 10. The summed E-state index contributed by atoms with van der Waals surface area (Å²) in [4.78, 5) is 24.8. The van der Waals surface area contributed by atoms with E-state index in [1.807, 2.05) is 25.3 Å². The van der Waals surface area contributed by atoms with Gasteiger partial charge in [-0.2, -0.15) is 0 Å². The normalized spacial score (nSPS) is 15.2. The fourth-order valence-corrected chi connectivity index (χ4v) is 4.62. The summed E-state index contributed by atoms with van der Waals surface area (Å²) in [6, 6.07) is 4.12. The number of Topliss-reactive ketones (excluding diaryl/α,β-unsaturated/α-hetero) is 1. The van der Waals surface area contributed by atoms with Crippen molar-refractivity contribution in [3.63, 3.8) is 0 Å². The Morgan fingerprint density at radius 3 is 2.63 bits per heavy atom. The summed E-state index contributed by atoms with van der Waals surface area (Å²) in [7, 11) is -2.19. The zero-order valence-corrected chi connectivity index (χ0v) is 18.2. The number of aromatic nitrogens is 1. The van der Waals surface area contributed by atoms with E-state index in [1.165, 1.54) is 12.1 Å². The van der Waals surface area contributed by atoms with Gasteiger partial charge in [0.1, 0.15) is 0 Å². The molecule has 30 heavy (non-hydrogen) atoms. The van der Waals surface area contributed by atoms with Gasteiger partial charge in [-0.3, -0.25) is 4.79 Å². The van der Waals surface area contributed by atoms with Crippen molar-refractivity contribution in [2.24, 2.45) is 0 Å². The van der Waals surface area contributed by atoms with Crippen LogP contribution in [0.2, 0.25) is 0 Å². The highest BCUT2D eigenvalue weighted by atomic mass is 32.2. The van der Waals surface area contributed by atoms with Crippen LogP contribution in [0.4, 0.5) is 0 Å². The molecule has 164 valence electrons. The first kappa shape index (κ1) is 22.3. The predicted octanol–water partition coefficient (Wildman–Crippen LogP) is 2.39. The number of furan rings is 1. The number of carbonyl (C=O) groups excluding carboxylic acids is 2. The average molecular weight is 439 g/mol. The Morgan fingerprint density at radius 1 is 1.30 bits per heavy atom. The van der Waals surface area contributed by atoms with E-state index >= 15 is 0 Å². The Morgan fingerprint density at radius 2 is 2.00 bits per heavy atom. The Balaban J connectivity index is 1.64. The number of hydrogen-bond donors (Lipinski definition) is 1. The highest BCUT2D eigenvalue weighted by molar-refractivity contribution is 7.89. The molecule has 1 aliphatic rings. The third kappa shape index (κ3) is 4.82. The summed E-state index contributed by atoms with van der Waals surface area (Å²) in [5, 5.41) is -0.358. The summed E-state index contributed by atoms with van der Waals surface area (Å²) in [5.41, 5.74) is 2.12. The molecule has 1 atom stereocenters. The molecule has 1 aliphatic carbocycles. The Kier molecular flexibility index (Phi) is 6.49. The molecule has 0 aromatic carbocycles. The van der Waals surface area contributed by atoms with E-state index in [2.05, 4.69) is 4.72 Å². The van der Waals surface area contributed by atoms with Gasteiger partial charge in [0.2, 0.25) is 16.6 Å². The summed E-state index contributed by atoms with van der Waals surface area (Å²) in [6.07, 6.45) is 1.56. The van der Waals surface area contributed by atoms with E-state index in [-0.39, 0.29) is 28.7 Å². The highest BCUT2D eigenvalue weighted by Gasteiger charge is 2.30. The molecule has 0 bridgehead atoms. The maximum Gasteiger partial charge on any atom is 0.374 e. The first-order valence-electron chi connectivity index (χ1n) is 9.64. The molecule has 0 aliphatic heterocycles. The molecule has 2 aromatic heterocycles. The first-order chi connectivity index (χ1) is 14.1. The molecule has 1 N–H and O–H groups in total. The lowest BCUT2D eigenvalue weighted by Crippen LogP contribution is -2.25. The van der Waals surface area contributed by atoms with E-state index in [0.717, 1.165) is 24.2 Å². The van der Waals surface area contributed by atoms with Crippen molar-refractivity contribution >= 4 is 21.8 Å². The van der Waals surface area contributed by atoms with E-state index in [1.54, 1.807) is 13.2 Å². The monoisotopic (exact) mass is 438 g/mol. The van der Waals surface area contributed by atoms with Gasteiger partial charge in [0, 0.05) is 30.1 Å². The Labute approximate surface area is 175 Å². The lowest BCUT2D eigenvalue weighted by atomic mass is 10.1. The van der Waals surface area contributed by atoms with Crippen molar-refractivity contribution in [2.75, 3.05) is 20.3 Å². The Bertz CT molecular complexity index is 1050. The summed E-state index contributed by atoms with van der Waals surface area (Å²) >= 11 is 0. The molecule has 0 radical (unpaired) electrons. The number of carbonyl (C=O) groups is 2. The lowest BCUT2D eigenvalue weighted by molar-refractivity contribution is 0.0438. The van der Waals surface area contributed by atoms with Crippen molar-refractivity contribution in [1.29, 1.82) is 0 Å². The number of nitrogens with one attached hydrogen (secondary N) is 1. The van der Waals surface area contributed by atoms with Crippen molar-refractivity contribution in [1.82, 2.24) is 9.29 Å². The van der Waals surface area contributed by atoms with Crippen LogP contribution in [-0.2, 0) is 19.5 Å². The fraction of sp³-hybridized carbons (Fsp3) is 0.500. The van der Waals surface area contributed by atoms with Gasteiger partial charge in [-0.15, -0.1) is 0 Å².